The number of hydrogen-bond donors (Lipinski definition) is 1. The van der Waals surface area contributed by atoms with Crippen LogP contribution in [0.1, 0.15) is 29.3 Å². The Hall–Kier alpha value is -3.65. The van der Waals surface area contributed by atoms with Gasteiger partial charge in [0.2, 0.25) is 5.71 Å². The van der Waals surface area contributed by atoms with E-state index in [0.29, 0.717) is 10.8 Å². The fraction of sp³-hybridized carbons (Fsp3) is 0.138. The molecule has 6 nitrogen and oxygen atoms in total. The van der Waals surface area contributed by atoms with Gasteiger partial charge < -0.3 is 14.9 Å². The molecule has 1 heterocycles. The molecule has 0 aliphatic heterocycles. The summed E-state index contributed by atoms with van der Waals surface area (Å²) >= 11 is 12.6. The van der Waals surface area contributed by atoms with Crippen LogP contribution >= 0.6 is 34.5 Å². The van der Waals surface area contributed by atoms with E-state index in [1.807, 2.05) is 54.6 Å². The number of aromatic nitrogens is 1. The van der Waals surface area contributed by atoms with Gasteiger partial charge in [-0.3, -0.25) is 0 Å². The van der Waals surface area contributed by atoms with E-state index < -0.39 is 11.5 Å². The van der Waals surface area contributed by atoms with E-state index in [4.69, 9.17) is 37.8 Å². The Balaban J connectivity index is 1.79. The first-order valence-corrected chi connectivity index (χ1v) is 13.5. The minimum Gasteiger partial charge on any atom is -0.461 e. The Kier molecular flexibility index (Phi) is 9.54. The smallest absolute Gasteiger partial charge is 0.362 e. The molecule has 0 atom stereocenters. The molecule has 0 radical (unpaired) electrons. The van der Waals surface area contributed by atoms with Crippen LogP contribution in [0, 0.1) is 0 Å². The highest BCUT2D eigenvalue weighted by Gasteiger charge is 2.37. The summed E-state index contributed by atoms with van der Waals surface area (Å²) in [6.45, 7) is 1.88. The predicted molar refractivity (Wildman–Crippen MR) is 154 cm³/mol. The average molecular weight is 567 g/mol. The maximum absolute atomic E-state index is 12.7. The molecule has 194 valence electrons. The quantitative estimate of drug-likeness (QED) is 0.0687. The molecule has 1 N–H and O–H groups in total. The van der Waals surface area contributed by atoms with Crippen molar-refractivity contribution in [1.29, 1.82) is 0 Å². The maximum atomic E-state index is 12.7. The summed E-state index contributed by atoms with van der Waals surface area (Å²) in [4.78, 5) is 22.6. The monoisotopic (exact) mass is 565 g/mol. The van der Waals surface area contributed by atoms with Gasteiger partial charge in [-0.1, -0.05) is 119 Å². The average Bonchev–Trinajstić information content (AvgIpc) is 3.41. The number of ether oxygens (including phenoxy) is 1. The lowest BCUT2D eigenvalue weighted by Gasteiger charge is -2.36. The van der Waals surface area contributed by atoms with E-state index in [0.717, 1.165) is 16.7 Å². The summed E-state index contributed by atoms with van der Waals surface area (Å²) in [5.41, 5.74) is 2.59. The Labute approximate surface area is 235 Å². The SMILES string of the molecule is CCOC(=O)/C(=N/OCC=C(Cl)Cl)c1csc(NC(c2ccccc2)(c2ccccc2)c2ccccc2)n1. The van der Waals surface area contributed by atoms with Crippen LogP contribution in [0.3, 0.4) is 0 Å². The number of nitrogens with one attached hydrogen (secondary N) is 1. The molecule has 0 aliphatic rings. The van der Waals surface area contributed by atoms with E-state index >= 15 is 0 Å². The maximum Gasteiger partial charge on any atom is 0.362 e. The zero-order chi connectivity index (χ0) is 26.8. The van der Waals surface area contributed by atoms with Crippen LogP contribution in [0.25, 0.3) is 0 Å². The van der Waals surface area contributed by atoms with Crippen molar-refractivity contribution in [2.75, 3.05) is 18.5 Å². The molecular formula is C29H25Cl2N3O3S. The summed E-state index contributed by atoms with van der Waals surface area (Å²) in [6.07, 6.45) is 1.41. The zero-order valence-corrected chi connectivity index (χ0v) is 22.8. The fourth-order valence-corrected chi connectivity index (χ4v) is 4.85. The highest BCUT2D eigenvalue weighted by Crippen LogP contribution is 2.40. The molecule has 4 aromatic rings. The van der Waals surface area contributed by atoms with Crippen molar-refractivity contribution >= 4 is 51.4 Å². The van der Waals surface area contributed by atoms with Crippen LogP contribution in [-0.2, 0) is 19.9 Å². The topological polar surface area (TPSA) is 72.8 Å². The van der Waals surface area contributed by atoms with E-state index in [9.17, 15) is 4.79 Å². The second-order valence-electron chi connectivity index (χ2n) is 7.96. The number of benzene rings is 3. The van der Waals surface area contributed by atoms with E-state index in [1.54, 1.807) is 12.3 Å². The number of anilines is 1. The molecule has 4 rings (SSSR count). The first-order chi connectivity index (χ1) is 18.5. The van der Waals surface area contributed by atoms with Crippen LogP contribution in [0.5, 0.6) is 0 Å². The molecule has 0 spiro atoms. The zero-order valence-electron chi connectivity index (χ0n) is 20.5. The van der Waals surface area contributed by atoms with Crippen LogP contribution in [0.4, 0.5) is 5.13 Å². The van der Waals surface area contributed by atoms with Crippen molar-refractivity contribution in [3.63, 3.8) is 0 Å². The molecular weight excluding hydrogens is 541 g/mol. The third-order valence-electron chi connectivity index (χ3n) is 5.60. The number of carbonyl (C=O) groups excluding carboxylic acids is 1. The highest BCUT2D eigenvalue weighted by molar-refractivity contribution is 7.14. The lowest BCUT2D eigenvalue weighted by Crippen LogP contribution is -2.38. The Morgan fingerprint density at radius 3 is 1.95 bits per heavy atom. The normalized spacial score (nSPS) is 11.5. The van der Waals surface area contributed by atoms with Crippen molar-refractivity contribution < 1.29 is 14.4 Å². The third-order valence-corrected chi connectivity index (χ3v) is 6.66. The number of nitrogens with zero attached hydrogens (tertiary/aromatic N) is 2. The molecule has 0 saturated heterocycles. The lowest BCUT2D eigenvalue weighted by molar-refractivity contribution is -0.135. The van der Waals surface area contributed by atoms with E-state index in [-0.39, 0.29) is 23.4 Å². The van der Waals surface area contributed by atoms with Gasteiger partial charge in [-0.05, 0) is 29.7 Å². The number of oxime groups is 1. The van der Waals surface area contributed by atoms with Crippen molar-refractivity contribution in [1.82, 2.24) is 4.98 Å². The van der Waals surface area contributed by atoms with Crippen molar-refractivity contribution in [3.05, 3.63) is 129 Å². The summed E-state index contributed by atoms with van der Waals surface area (Å²) in [7, 11) is 0. The molecule has 0 bridgehead atoms. The Morgan fingerprint density at radius 1 is 0.947 bits per heavy atom. The summed E-state index contributed by atoms with van der Waals surface area (Å²) in [5.74, 6) is -0.647. The molecule has 0 aliphatic carbocycles. The van der Waals surface area contributed by atoms with Crippen LogP contribution in [0.2, 0.25) is 0 Å². The molecule has 1 aromatic heterocycles. The fourth-order valence-electron chi connectivity index (χ4n) is 3.97. The molecule has 9 heteroatoms. The van der Waals surface area contributed by atoms with Crippen LogP contribution in [0.15, 0.2) is 112 Å². The predicted octanol–water partition coefficient (Wildman–Crippen LogP) is 7.15. The summed E-state index contributed by atoms with van der Waals surface area (Å²) < 4.78 is 5.22. The lowest BCUT2D eigenvalue weighted by atomic mass is 9.77. The second-order valence-corrected chi connectivity index (χ2v) is 9.83. The second kappa shape index (κ2) is 13.2. The molecule has 38 heavy (non-hydrogen) atoms. The highest BCUT2D eigenvalue weighted by atomic mass is 35.5. The minimum absolute atomic E-state index is 0.0143. The number of esters is 1. The van der Waals surface area contributed by atoms with Gasteiger partial charge in [0.15, 0.2) is 5.13 Å². The van der Waals surface area contributed by atoms with E-state index in [2.05, 4.69) is 46.9 Å². The van der Waals surface area contributed by atoms with Gasteiger partial charge in [-0.15, -0.1) is 11.3 Å². The van der Waals surface area contributed by atoms with Crippen molar-refractivity contribution in [2.45, 2.75) is 12.5 Å². The van der Waals surface area contributed by atoms with Crippen LogP contribution < -0.4 is 5.32 Å². The first kappa shape index (κ1) is 27.4. The first-order valence-electron chi connectivity index (χ1n) is 11.8. The minimum atomic E-state index is -0.765. The Morgan fingerprint density at radius 2 is 1.47 bits per heavy atom. The van der Waals surface area contributed by atoms with Gasteiger partial charge in [0.1, 0.15) is 22.3 Å². The van der Waals surface area contributed by atoms with Gasteiger partial charge in [0.25, 0.3) is 0 Å². The standard InChI is InChI=1S/C29H25Cl2N3O3S/c1-2-36-27(35)26(34-37-19-18-25(30)31)24-20-38-28(32-24)33-29(21-12-6-3-7-13-21,22-14-8-4-9-15-22)23-16-10-5-11-17-23/h3-18,20H,2,19H2,1H3,(H,32,33)/b34-26+. The third kappa shape index (κ3) is 6.42. The summed E-state index contributed by atoms with van der Waals surface area (Å²) in [6, 6.07) is 30.5. The molecule has 0 amide bonds. The molecule has 0 unspecified atom stereocenters. The molecule has 0 saturated carbocycles. The van der Waals surface area contributed by atoms with Crippen LogP contribution in [-0.4, -0.2) is 29.9 Å². The van der Waals surface area contributed by atoms with Gasteiger partial charge in [0.05, 0.1) is 6.61 Å². The van der Waals surface area contributed by atoms with Crippen molar-refractivity contribution in [2.24, 2.45) is 5.16 Å². The number of halogens is 2. The molecule has 3 aromatic carbocycles. The number of rotatable bonds is 11. The Bertz CT molecular complexity index is 1290. The van der Waals surface area contributed by atoms with Gasteiger partial charge >= 0.3 is 5.97 Å². The molecule has 0 fully saturated rings. The number of hydrogen-bond acceptors (Lipinski definition) is 7. The largest absolute Gasteiger partial charge is 0.461 e. The van der Waals surface area contributed by atoms with Gasteiger partial charge in [0, 0.05) is 5.38 Å². The number of thiazole rings is 1. The van der Waals surface area contributed by atoms with Gasteiger partial charge in [-0.25, -0.2) is 9.78 Å². The summed E-state index contributed by atoms with van der Waals surface area (Å²) in [5, 5.41) is 9.96. The van der Waals surface area contributed by atoms with Gasteiger partial charge in [-0.2, -0.15) is 0 Å². The number of carbonyl (C=O) groups is 1. The van der Waals surface area contributed by atoms with E-state index in [1.165, 1.54) is 17.4 Å². The van der Waals surface area contributed by atoms with Crippen molar-refractivity contribution in [3.8, 4) is 0 Å².